The van der Waals surface area contributed by atoms with Crippen molar-refractivity contribution in [1.82, 2.24) is 44.3 Å². The molecule has 0 radical (unpaired) electrons. The van der Waals surface area contributed by atoms with Crippen LogP contribution in [0.5, 0.6) is 17.5 Å². The van der Waals surface area contributed by atoms with Gasteiger partial charge in [-0.1, -0.05) is 68.4 Å². The van der Waals surface area contributed by atoms with E-state index in [1.54, 1.807) is 6.07 Å². The van der Waals surface area contributed by atoms with Crippen LogP contribution < -0.4 is 14.5 Å². The third kappa shape index (κ3) is 10.2. The monoisotopic (exact) mass is 993 g/mol. The molecule has 0 unspecified atom stereocenters. The molecule has 0 aliphatic carbocycles. The number of aryl methyl sites for hydroxylation is 1. The van der Waals surface area contributed by atoms with Crippen LogP contribution in [0.3, 0.4) is 0 Å². The van der Waals surface area contributed by atoms with E-state index in [9.17, 15) is 19.8 Å². The molecule has 3 saturated heterocycles. The van der Waals surface area contributed by atoms with Crippen LogP contribution in [0.15, 0.2) is 85.5 Å². The van der Waals surface area contributed by atoms with E-state index in [-0.39, 0.29) is 35.1 Å². The van der Waals surface area contributed by atoms with Gasteiger partial charge < -0.3 is 34.5 Å². The van der Waals surface area contributed by atoms with Crippen molar-refractivity contribution in [2.75, 3.05) is 94.9 Å². The Morgan fingerprint density at radius 2 is 1.54 bits per heavy atom. The van der Waals surface area contributed by atoms with Crippen LogP contribution in [0, 0.1) is 12.8 Å². The molecule has 2 aromatic heterocycles. The summed E-state index contributed by atoms with van der Waals surface area (Å²) in [6.07, 6.45) is 3.78. The Hall–Kier alpha value is -6.75. The fraction of sp³-hybridized carbons (Fsp3) is 0.418. The van der Waals surface area contributed by atoms with E-state index < -0.39 is 0 Å². The summed E-state index contributed by atoms with van der Waals surface area (Å²) in [6.45, 7) is 20.1. The van der Waals surface area contributed by atoms with Gasteiger partial charge in [-0.05, 0) is 98.1 Å². The third-order valence-electron chi connectivity index (χ3n) is 15.0. The van der Waals surface area contributed by atoms with Gasteiger partial charge in [0.15, 0.2) is 5.82 Å². The van der Waals surface area contributed by atoms with E-state index in [1.165, 1.54) is 17.7 Å². The highest BCUT2D eigenvalue weighted by Gasteiger charge is 2.32. The molecule has 3 fully saturated rings. The van der Waals surface area contributed by atoms with Gasteiger partial charge in [-0.2, -0.15) is 9.97 Å². The van der Waals surface area contributed by atoms with E-state index in [2.05, 4.69) is 77.7 Å². The SMILES string of the molecule is C=CC(=O)N1CCN(c2nc(OCCN3CCC(C(=O)N4CCN(Cc5ccc(-n6c(C)nnc6-c6cc(C(C)C)c(O)cc6O)cc5)CC4)CC3)nc3c2CCN(c2cccc4cccc(Cl)c24)C3)CC1. The van der Waals surface area contributed by atoms with Crippen LogP contribution in [0.25, 0.3) is 27.8 Å². The van der Waals surface area contributed by atoms with E-state index in [0.29, 0.717) is 82.2 Å². The van der Waals surface area contributed by atoms with Crippen LogP contribution in [0.4, 0.5) is 11.5 Å². The van der Waals surface area contributed by atoms with Crippen molar-refractivity contribution in [3.8, 4) is 34.6 Å². The number of aromatic hydroxyl groups is 2. The standard InChI is InChI=1S/C55H64ClN11O5/c1-5-50(70)63-26-28-64(29-27-63)52-42-18-21-66(47-11-7-9-39-8-6-10-45(56)51(39)47)35-46(42)57-55(58-52)72-31-30-61-19-16-40(17-20-61)54(71)65-24-22-62(23-25-65)34-38-12-14-41(15-13-38)67-37(4)59-60-53(67)44-32-43(36(2)3)48(68)33-49(44)69/h5-15,32-33,36,40,68-69H,1,16-31,34-35H2,2-4H3. The Kier molecular flexibility index (Phi) is 14.3. The number of halogens is 1. The molecule has 17 heteroatoms. The van der Waals surface area contributed by atoms with Gasteiger partial charge in [0.1, 0.15) is 29.7 Å². The Morgan fingerprint density at radius 1 is 0.819 bits per heavy atom. The highest BCUT2D eigenvalue weighted by atomic mass is 35.5. The first kappa shape index (κ1) is 48.9. The van der Waals surface area contributed by atoms with Crippen molar-refractivity contribution in [3.63, 3.8) is 0 Å². The first-order valence-electron chi connectivity index (χ1n) is 25.3. The molecule has 16 nitrogen and oxygen atoms in total. The normalized spacial score (nSPS) is 17.2. The lowest BCUT2D eigenvalue weighted by Crippen LogP contribution is -2.51. The van der Waals surface area contributed by atoms with Crippen molar-refractivity contribution in [1.29, 1.82) is 0 Å². The van der Waals surface area contributed by atoms with Crippen LogP contribution in [-0.4, -0.2) is 152 Å². The van der Waals surface area contributed by atoms with Gasteiger partial charge in [0.2, 0.25) is 11.8 Å². The molecular formula is C55H64ClN11O5. The van der Waals surface area contributed by atoms with Gasteiger partial charge in [0.05, 0.1) is 22.8 Å². The molecule has 4 aliphatic rings. The van der Waals surface area contributed by atoms with Crippen molar-refractivity contribution < 1.29 is 24.5 Å². The number of amides is 2. The van der Waals surface area contributed by atoms with Gasteiger partial charge in [0, 0.05) is 106 Å². The summed E-state index contributed by atoms with van der Waals surface area (Å²) in [4.78, 5) is 49.6. The fourth-order valence-corrected chi connectivity index (χ4v) is 11.2. The topological polar surface area (TPSA) is 160 Å². The number of phenolic OH excluding ortho intramolecular Hbond substituents is 2. The minimum atomic E-state index is -0.0523. The van der Waals surface area contributed by atoms with Gasteiger partial charge in [-0.3, -0.25) is 24.0 Å². The summed E-state index contributed by atoms with van der Waals surface area (Å²) in [5.74, 6) is 2.37. The van der Waals surface area contributed by atoms with Gasteiger partial charge >= 0.3 is 6.01 Å². The average molecular weight is 995 g/mol. The van der Waals surface area contributed by atoms with Crippen LogP contribution in [0.2, 0.25) is 5.02 Å². The third-order valence-corrected chi connectivity index (χ3v) is 15.3. The Morgan fingerprint density at radius 3 is 2.26 bits per heavy atom. The number of phenols is 2. The highest BCUT2D eigenvalue weighted by Crippen LogP contribution is 2.39. The molecule has 0 atom stereocenters. The molecule has 0 saturated carbocycles. The summed E-state index contributed by atoms with van der Waals surface area (Å²) in [5, 5.41) is 32.8. The molecule has 10 rings (SSSR count). The number of carbonyl (C=O) groups excluding carboxylic acids is 2. The zero-order valence-electron chi connectivity index (χ0n) is 41.5. The molecule has 2 amide bonds. The second-order valence-electron chi connectivity index (χ2n) is 19.8. The molecule has 4 aliphatic heterocycles. The van der Waals surface area contributed by atoms with Crippen molar-refractivity contribution in [2.45, 2.75) is 59.0 Å². The molecule has 72 heavy (non-hydrogen) atoms. The average Bonchev–Trinajstić information content (AvgIpc) is 3.78. The number of rotatable bonds is 13. The molecule has 376 valence electrons. The summed E-state index contributed by atoms with van der Waals surface area (Å²) in [7, 11) is 0. The fourth-order valence-electron chi connectivity index (χ4n) is 10.9. The Labute approximate surface area is 426 Å². The number of likely N-dealkylation sites (tertiary alicyclic amines) is 1. The summed E-state index contributed by atoms with van der Waals surface area (Å²) >= 11 is 6.78. The van der Waals surface area contributed by atoms with Crippen LogP contribution in [0.1, 0.15) is 60.8 Å². The van der Waals surface area contributed by atoms with Crippen molar-refractivity contribution >= 4 is 45.7 Å². The summed E-state index contributed by atoms with van der Waals surface area (Å²) < 4.78 is 8.31. The predicted molar refractivity (Wildman–Crippen MR) is 280 cm³/mol. The second-order valence-corrected chi connectivity index (χ2v) is 20.2. The number of aromatic nitrogens is 5. The number of hydrogen-bond acceptors (Lipinski definition) is 13. The van der Waals surface area contributed by atoms with Gasteiger partial charge in [-0.25, -0.2) is 0 Å². The van der Waals surface area contributed by atoms with E-state index in [1.807, 2.05) is 54.5 Å². The largest absolute Gasteiger partial charge is 0.508 e. The Bertz CT molecular complexity index is 2950. The molecule has 0 spiro atoms. The number of carbonyl (C=O) groups is 2. The molecular weight excluding hydrogens is 930 g/mol. The van der Waals surface area contributed by atoms with E-state index in [0.717, 1.165) is 108 Å². The first-order valence-corrected chi connectivity index (χ1v) is 25.7. The van der Waals surface area contributed by atoms with E-state index in [4.69, 9.17) is 26.3 Å². The van der Waals surface area contributed by atoms with E-state index >= 15 is 0 Å². The number of piperazine rings is 2. The lowest BCUT2D eigenvalue weighted by molar-refractivity contribution is -0.139. The minimum Gasteiger partial charge on any atom is -0.508 e. The van der Waals surface area contributed by atoms with Gasteiger partial charge in [0.25, 0.3) is 0 Å². The van der Waals surface area contributed by atoms with Crippen LogP contribution >= 0.6 is 11.6 Å². The molecule has 0 bridgehead atoms. The maximum absolute atomic E-state index is 13.8. The van der Waals surface area contributed by atoms with Gasteiger partial charge in [-0.15, -0.1) is 10.2 Å². The maximum Gasteiger partial charge on any atom is 0.318 e. The number of piperidine rings is 1. The number of hydrogen-bond donors (Lipinski definition) is 2. The molecule has 2 N–H and O–H groups in total. The molecule has 4 aromatic carbocycles. The number of fused-ring (bicyclic) bond motifs is 2. The maximum atomic E-state index is 13.8. The smallest absolute Gasteiger partial charge is 0.318 e. The number of anilines is 2. The molecule has 6 heterocycles. The lowest BCUT2D eigenvalue weighted by Gasteiger charge is -2.38. The zero-order valence-corrected chi connectivity index (χ0v) is 42.3. The predicted octanol–water partition coefficient (Wildman–Crippen LogP) is 7.21. The number of nitrogens with zero attached hydrogens (tertiary/aromatic N) is 11. The quantitative estimate of drug-likeness (QED) is 0.112. The summed E-state index contributed by atoms with van der Waals surface area (Å²) in [5.41, 5.74) is 6.43. The van der Waals surface area contributed by atoms with Crippen molar-refractivity contribution in [3.05, 3.63) is 119 Å². The zero-order chi connectivity index (χ0) is 50.0. The summed E-state index contributed by atoms with van der Waals surface area (Å²) in [6, 6.07) is 24.1. The number of ether oxygens (including phenoxy) is 1. The molecule has 6 aromatic rings. The minimum absolute atomic E-state index is 0.0149. The first-order chi connectivity index (χ1) is 34.9. The lowest BCUT2D eigenvalue weighted by atomic mass is 9.95. The second kappa shape index (κ2) is 21.1. The van der Waals surface area contributed by atoms with Crippen LogP contribution in [-0.2, 0) is 29.1 Å². The van der Waals surface area contributed by atoms with Crippen molar-refractivity contribution in [2.24, 2.45) is 5.92 Å². The highest BCUT2D eigenvalue weighted by molar-refractivity contribution is 6.36. The Balaban J connectivity index is 0.717. The number of benzene rings is 4.